The molecule has 1 unspecified atom stereocenters. The topological polar surface area (TPSA) is 56.4 Å². The normalized spacial score (nSPS) is 20.6. The van der Waals surface area contributed by atoms with Gasteiger partial charge in [0, 0.05) is 26.0 Å². The lowest BCUT2D eigenvalue weighted by Gasteiger charge is -2.16. The Balaban J connectivity index is 2.14. The van der Waals surface area contributed by atoms with Gasteiger partial charge >= 0.3 is 6.03 Å². The lowest BCUT2D eigenvalue weighted by molar-refractivity contribution is -0.117. The third-order valence-corrected chi connectivity index (χ3v) is 2.85. The van der Waals surface area contributed by atoms with E-state index in [9.17, 15) is 9.59 Å². The highest BCUT2D eigenvalue weighted by Gasteiger charge is 2.35. The number of H-pyrrole nitrogens is 1. The molecule has 86 valence electrons. The van der Waals surface area contributed by atoms with Crippen molar-refractivity contribution in [1.82, 2.24) is 14.8 Å². The molecule has 1 N–H and O–H groups in total. The van der Waals surface area contributed by atoms with Crippen LogP contribution in [0.15, 0.2) is 18.5 Å². The number of aromatic nitrogens is 1. The number of carbonyl (C=O) groups is 2. The average Bonchev–Trinajstić information content (AvgIpc) is 2.81. The van der Waals surface area contributed by atoms with Gasteiger partial charge in [-0.15, -0.1) is 0 Å². The Labute approximate surface area is 94.0 Å². The van der Waals surface area contributed by atoms with E-state index >= 15 is 0 Å². The van der Waals surface area contributed by atoms with Crippen LogP contribution in [0.1, 0.15) is 18.5 Å². The van der Waals surface area contributed by atoms with Crippen LogP contribution in [0.5, 0.6) is 0 Å². The second-order valence-electron chi connectivity index (χ2n) is 4.14. The van der Waals surface area contributed by atoms with Crippen molar-refractivity contribution < 1.29 is 9.59 Å². The highest BCUT2D eigenvalue weighted by Crippen LogP contribution is 2.27. The summed E-state index contributed by atoms with van der Waals surface area (Å²) >= 11 is 0. The molecule has 1 aromatic heterocycles. The van der Waals surface area contributed by atoms with Crippen LogP contribution in [0.4, 0.5) is 4.79 Å². The average molecular weight is 221 g/mol. The zero-order chi connectivity index (χ0) is 11.7. The van der Waals surface area contributed by atoms with Crippen LogP contribution in [-0.2, 0) is 4.79 Å². The summed E-state index contributed by atoms with van der Waals surface area (Å²) in [5, 5.41) is 0. The molecule has 1 atom stereocenters. The molecule has 1 aromatic rings. The molecule has 5 heteroatoms. The van der Waals surface area contributed by atoms with E-state index in [1.807, 2.05) is 18.5 Å². The third-order valence-electron chi connectivity index (χ3n) is 2.85. The summed E-state index contributed by atoms with van der Waals surface area (Å²) in [5.41, 5.74) is 1.07. The number of likely N-dealkylation sites (N-methyl/N-ethyl adjacent to an activating group) is 1. The first-order valence-electron chi connectivity index (χ1n) is 5.23. The van der Waals surface area contributed by atoms with Crippen molar-refractivity contribution in [2.75, 3.05) is 20.1 Å². The number of rotatable bonds is 3. The molecule has 1 aliphatic heterocycles. The van der Waals surface area contributed by atoms with E-state index < -0.39 is 0 Å². The predicted octanol–water partition coefficient (Wildman–Crippen LogP) is 1.01. The summed E-state index contributed by atoms with van der Waals surface area (Å²) in [4.78, 5) is 29.1. The van der Waals surface area contributed by atoms with E-state index in [-0.39, 0.29) is 24.4 Å². The van der Waals surface area contributed by atoms with E-state index in [1.165, 1.54) is 6.92 Å². The SMILES string of the molecule is CC(=O)CN1CC(c2cc[nH]c2)N(C)C1=O. The molecule has 0 aromatic carbocycles. The van der Waals surface area contributed by atoms with Crippen LogP contribution < -0.4 is 0 Å². The van der Waals surface area contributed by atoms with Crippen molar-refractivity contribution in [1.29, 1.82) is 0 Å². The van der Waals surface area contributed by atoms with Crippen molar-refractivity contribution in [3.63, 3.8) is 0 Å². The van der Waals surface area contributed by atoms with Gasteiger partial charge in [0.05, 0.1) is 12.6 Å². The molecule has 2 heterocycles. The smallest absolute Gasteiger partial charge is 0.320 e. The zero-order valence-electron chi connectivity index (χ0n) is 9.43. The molecule has 0 saturated carbocycles. The molecule has 1 aliphatic rings. The Morgan fingerprint density at radius 2 is 2.38 bits per heavy atom. The van der Waals surface area contributed by atoms with Gasteiger partial charge in [-0.05, 0) is 18.6 Å². The van der Waals surface area contributed by atoms with Crippen molar-refractivity contribution >= 4 is 11.8 Å². The molecule has 0 radical (unpaired) electrons. The monoisotopic (exact) mass is 221 g/mol. The maximum absolute atomic E-state index is 11.8. The number of carbonyl (C=O) groups excluding carboxylic acids is 2. The number of nitrogens with one attached hydrogen (secondary N) is 1. The first-order valence-corrected chi connectivity index (χ1v) is 5.23. The van der Waals surface area contributed by atoms with Gasteiger partial charge in [0.2, 0.25) is 0 Å². The minimum Gasteiger partial charge on any atom is -0.367 e. The van der Waals surface area contributed by atoms with Crippen LogP contribution in [0, 0.1) is 0 Å². The van der Waals surface area contributed by atoms with E-state index in [1.54, 1.807) is 16.8 Å². The van der Waals surface area contributed by atoms with Crippen LogP contribution in [0.25, 0.3) is 0 Å². The maximum Gasteiger partial charge on any atom is 0.320 e. The molecule has 0 bridgehead atoms. The minimum atomic E-state index is -0.0820. The van der Waals surface area contributed by atoms with Gasteiger partial charge in [-0.25, -0.2) is 4.79 Å². The van der Waals surface area contributed by atoms with Gasteiger partial charge in [0.25, 0.3) is 0 Å². The quantitative estimate of drug-likeness (QED) is 0.828. The number of Topliss-reactive ketones (excluding diaryl/α,β-unsaturated/α-hetero) is 1. The highest BCUT2D eigenvalue weighted by molar-refractivity contribution is 5.85. The molecular weight excluding hydrogens is 206 g/mol. The molecule has 1 saturated heterocycles. The maximum atomic E-state index is 11.8. The van der Waals surface area contributed by atoms with Gasteiger partial charge in [0.15, 0.2) is 0 Å². The minimum absolute atomic E-state index is 0.0106. The van der Waals surface area contributed by atoms with E-state index in [0.29, 0.717) is 6.54 Å². The number of aromatic amines is 1. The molecule has 0 aliphatic carbocycles. The molecule has 5 nitrogen and oxygen atoms in total. The van der Waals surface area contributed by atoms with Gasteiger partial charge in [-0.1, -0.05) is 0 Å². The zero-order valence-corrected chi connectivity index (χ0v) is 9.43. The first-order chi connectivity index (χ1) is 7.59. The van der Waals surface area contributed by atoms with Crippen molar-refractivity contribution in [3.8, 4) is 0 Å². The van der Waals surface area contributed by atoms with Crippen molar-refractivity contribution in [2.45, 2.75) is 13.0 Å². The fourth-order valence-electron chi connectivity index (χ4n) is 2.04. The summed E-state index contributed by atoms with van der Waals surface area (Å²) in [6.45, 7) is 2.27. The van der Waals surface area contributed by atoms with Gasteiger partial charge < -0.3 is 14.8 Å². The van der Waals surface area contributed by atoms with Crippen molar-refractivity contribution in [3.05, 3.63) is 24.0 Å². The molecular formula is C11H15N3O2. The molecule has 1 fully saturated rings. The van der Waals surface area contributed by atoms with Crippen LogP contribution in [-0.4, -0.2) is 46.7 Å². The van der Waals surface area contributed by atoms with E-state index in [2.05, 4.69) is 4.98 Å². The molecule has 0 spiro atoms. The van der Waals surface area contributed by atoms with E-state index in [4.69, 9.17) is 0 Å². The van der Waals surface area contributed by atoms with Crippen molar-refractivity contribution in [2.24, 2.45) is 0 Å². The molecule has 2 amide bonds. The predicted molar refractivity (Wildman–Crippen MR) is 58.9 cm³/mol. The Bertz CT molecular complexity index is 399. The number of urea groups is 1. The summed E-state index contributed by atoms with van der Waals surface area (Å²) in [7, 11) is 1.76. The summed E-state index contributed by atoms with van der Waals surface area (Å²) in [6.07, 6.45) is 3.72. The lowest BCUT2D eigenvalue weighted by Crippen LogP contribution is -2.32. The second-order valence-corrected chi connectivity index (χ2v) is 4.14. The largest absolute Gasteiger partial charge is 0.367 e. The van der Waals surface area contributed by atoms with Crippen LogP contribution in [0.2, 0.25) is 0 Å². The van der Waals surface area contributed by atoms with Crippen LogP contribution in [0.3, 0.4) is 0 Å². The summed E-state index contributed by atoms with van der Waals surface area (Å²) in [5.74, 6) is 0.0106. The van der Waals surface area contributed by atoms with Gasteiger partial charge in [-0.3, -0.25) is 4.79 Å². The standard InChI is InChI=1S/C11H15N3O2/c1-8(15)6-14-7-10(13(2)11(14)16)9-3-4-12-5-9/h3-5,10,12H,6-7H2,1-2H3. The first kappa shape index (κ1) is 10.7. The third kappa shape index (κ3) is 1.80. The Morgan fingerprint density at radius 3 is 2.94 bits per heavy atom. The van der Waals surface area contributed by atoms with Gasteiger partial charge in [0.1, 0.15) is 5.78 Å². The summed E-state index contributed by atoms with van der Waals surface area (Å²) < 4.78 is 0. The Kier molecular flexibility index (Phi) is 2.68. The molecule has 16 heavy (non-hydrogen) atoms. The number of ketones is 1. The Hall–Kier alpha value is -1.78. The van der Waals surface area contributed by atoms with Crippen LogP contribution >= 0.6 is 0 Å². The number of amides is 2. The molecule has 2 rings (SSSR count). The summed E-state index contributed by atoms with van der Waals surface area (Å²) in [6, 6.07) is 1.91. The number of nitrogens with zero attached hydrogens (tertiary/aromatic N) is 2. The Morgan fingerprint density at radius 1 is 1.62 bits per heavy atom. The van der Waals surface area contributed by atoms with Gasteiger partial charge in [-0.2, -0.15) is 0 Å². The number of hydrogen-bond donors (Lipinski definition) is 1. The fourth-order valence-corrected chi connectivity index (χ4v) is 2.04. The van der Waals surface area contributed by atoms with E-state index in [0.717, 1.165) is 5.56 Å². The number of hydrogen-bond acceptors (Lipinski definition) is 2. The fraction of sp³-hybridized carbons (Fsp3) is 0.455. The second kappa shape index (κ2) is 4.00. The lowest BCUT2D eigenvalue weighted by atomic mass is 10.1. The highest BCUT2D eigenvalue weighted by atomic mass is 16.2.